The highest BCUT2D eigenvalue weighted by molar-refractivity contribution is 5.76. The Kier molecular flexibility index (Phi) is 9.03. The monoisotopic (exact) mass is 245 g/mol. The number of rotatable bonds is 9. The Balaban J connectivity index is 3.60. The fourth-order valence-corrected chi connectivity index (χ4v) is 1.68. The van der Waals surface area contributed by atoms with E-state index in [1.165, 1.54) is 0 Å². The molecule has 0 aliphatic rings. The van der Waals surface area contributed by atoms with Crippen LogP contribution < -0.4 is 5.32 Å². The Hall–Kier alpha value is -0.650. The van der Waals surface area contributed by atoms with Crippen molar-refractivity contribution in [3.63, 3.8) is 0 Å². The van der Waals surface area contributed by atoms with Crippen LogP contribution in [0.15, 0.2) is 0 Å². The van der Waals surface area contributed by atoms with Crippen molar-refractivity contribution in [2.24, 2.45) is 0 Å². The summed E-state index contributed by atoms with van der Waals surface area (Å²) in [7, 11) is 3.85. The summed E-state index contributed by atoms with van der Waals surface area (Å²) in [5, 5.41) is 12.7. The highest BCUT2D eigenvalue weighted by atomic mass is 16.3. The summed E-state index contributed by atoms with van der Waals surface area (Å²) in [6, 6.07) is 0. The van der Waals surface area contributed by atoms with Gasteiger partial charge >= 0.3 is 0 Å². The number of carbonyl (C=O) groups excluding carboxylic acids is 1. The molecular weight excluding hydrogens is 218 g/mol. The minimum atomic E-state index is -0.381. The molecule has 0 aliphatic heterocycles. The zero-order chi connectivity index (χ0) is 13.3. The van der Waals surface area contributed by atoms with Gasteiger partial charge in [0, 0.05) is 39.1 Å². The van der Waals surface area contributed by atoms with Gasteiger partial charge in [0.1, 0.15) is 0 Å². The lowest BCUT2D eigenvalue weighted by atomic mass is 10.3. The number of nitrogens with zero attached hydrogens (tertiary/aromatic N) is 2. The molecule has 0 fully saturated rings. The van der Waals surface area contributed by atoms with Gasteiger partial charge in [-0.2, -0.15) is 0 Å². The summed E-state index contributed by atoms with van der Waals surface area (Å²) in [5.74, 6) is 0.171. The normalized spacial score (nSPS) is 12.8. The molecule has 5 heteroatoms. The Bertz CT molecular complexity index is 206. The van der Waals surface area contributed by atoms with Crippen molar-refractivity contribution >= 4 is 5.91 Å². The van der Waals surface area contributed by atoms with E-state index < -0.39 is 0 Å². The van der Waals surface area contributed by atoms with E-state index in [9.17, 15) is 9.90 Å². The molecule has 0 bridgehead atoms. The predicted molar refractivity (Wildman–Crippen MR) is 70.0 cm³/mol. The van der Waals surface area contributed by atoms with Crippen LogP contribution >= 0.6 is 0 Å². The van der Waals surface area contributed by atoms with Crippen molar-refractivity contribution in [2.45, 2.75) is 26.4 Å². The average molecular weight is 245 g/mol. The fraction of sp³-hybridized carbons (Fsp3) is 0.917. The molecule has 0 saturated carbocycles. The van der Waals surface area contributed by atoms with Crippen molar-refractivity contribution in [2.75, 3.05) is 46.8 Å². The summed E-state index contributed by atoms with van der Waals surface area (Å²) in [5.41, 5.74) is 0. The second-order valence-corrected chi connectivity index (χ2v) is 4.44. The minimum Gasteiger partial charge on any atom is -0.390 e. The van der Waals surface area contributed by atoms with Crippen LogP contribution in [0.2, 0.25) is 0 Å². The maximum Gasteiger partial charge on any atom is 0.223 e. The van der Waals surface area contributed by atoms with Gasteiger partial charge in [0.25, 0.3) is 0 Å². The van der Waals surface area contributed by atoms with Crippen LogP contribution in [0.5, 0.6) is 0 Å². The molecule has 0 saturated heterocycles. The third-order valence-electron chi connectivity index (χ3n) is 2.59. The van der Waals surface area contributed by atoms with E-state index in [-0.39, 0.29) is 12.0 Å². The lowest BCUT2D eigenvalue weighted by Gasteiger charge is -2.19. The van der Waals surface area contributed by atoms with Gasteiger partial charge in [0.2, 0.25) is 5.91 Å². The van der Waals surface area contributed by atoms with Gasteiger partial charge in [-0.3, -0.25) is 4.79 Å². The summed E-state index contributed by atoms with van der Waals surface area (Å²) >= 11 is 0. The maximum absolute atomic E-state index is 11.6. The largest absolute Gasteiger partial charge is 0.390 e. The first kappa shape index (κ1) is 16.4. The molecule has 0 rings (SSSR count). The van der Waals surface area contributed by atoms with Gasteiger partial charge in [0.05, 0.1) is 6.10 Å². The molecule has 0 aromatic carbocycles. The van der Waals surface area contributed by atoms with E-state index in [0.29, 0.717) is 26.1 Å². The van der Waals surface area contributed by atoms with Gasteiger partial charge in [0.15, 0.2) is 0 Å². The molecular formula is C12H27N3O2. The van der Waals surface area contributed by atoms with Crippen LogP contribution in [0.3, 0.4) is 0 Å². The van der Waals surface area contributed by atoms with E-state index in [2.05, 4.69) is 5.32 Å². The van der Waals surface area contributed by atoms with Crippen LogP contribution in [0.1, 0.15) is 20.3 Å². The molecule has 0 spiro atoms. The van der Waals surface area contributed by atoms with Gasteiger partial charge in [-0.1, -0.05) is 0 Å². The highest BCUT2D eigenvalue weighted by Gasteiger charge is 2.09. The fourth-order valence-electron chi connectivity index (χ4n) is 1.68. The van der Waals surface area contributed by atoms with Crippen molar-refractivity contribution in [1.29, 1.82) is 0 Å². The second kappa shape index (κ2) is 9.39. The Morgan fingerprint density at radius 1 is 1.29 bits per heavy atom. The number of aliphatic hydroxyl groups excluding tert-OH is 1. The van der Waals surface area contributed by atoms with Crippen LogP contribution in [0, 0.1) is 0 Å². The SMILES string of the molecule is CCN(CC)C(=O)CCNCC(O)CN(C)C. The minimum absolute atomic E-state index is 0.171. The molecule has 0 aliphatic carbocycles. The first-order chi connectivity index (χ1) is 8.01. The standard InChI is InChI=1S/C12H27N3O2/c1-5-15(6-2)12(17)7-8-13-9-11(16)10-14(3)4/h11,13,16H,5-10H2,1-4H3. The summed E-state index contributed by atoms with van der Waals surface area (Å²) in [6.45, 7) is 7.28. The number of hydrogen-bond donors (Lipinski definition) is 2. The predicted octanol–water partition coefficient (Wildman–Crippen LogP) is -0.243. The lowest BCUT2D eigenvalue weighted by Crippen LogP contribution is -2.37. The molecule has 1 amide bonds. The smallest absolute Gasteiger partial charge is 0.223 e. The number of nitrogens with one attached hydrogen (secondary N) is 1. The van der Waals surface area contributed by atoms with Gasteiger partial charge in [-0.05, 0) is 27.9 Å². The topological polar surface area (TPSA) is 55.8 Å². The number of carbonyl (C=O) groups is 1. The summed E-state index contributed by atoms with van der Waals surface area (Å²) < 4.78 is 0. The summed E-state index contributed by atoms with van der Waals surface area (Å²) in [4.78, 5) is 15.4. The Morgan fingerprint density at radius 2 is 1.88 bits per heavy atom. The number of hydrogen-bond acceptors (Lipinski definition) is 4. The molecule has 5 nitrogen and oxygen atoms in total. The van der Waals surface area contributed by atoms with Crippen LogP contribution in [-0.2, 0) is 4.79 Å². The van der Waals surface area contributed by atoms with Crippen LogP contribution in [-0.4, -0.2) is 73.7 Å². The van der Waals surface area contributed by atoms with Gasteiger partial charge < -0.3 is 20.2 Å². The molecule has 1 unspecified atom stereocenters. The molecule has 102 valence electrons. The molecule has 0 heterocycles. The third kappa shape index (κ3) is 8.12. The lowest BCUT2D eigenvalue weighted by molar-refractivity contribution is -0.130. The Labute approximate surface area is 105 Å². The van der Waals surface area contributed by atoms with Crippen molar-refractivity contribution in [3.8, 4) is 0 Å². The highest BCUT2D eigenvalue weighted by Crippen LogP contribution is 1.93. The van der Waals surface area contributed by atoms with E-state index in [1.54, 1.807) is 0 Å². The first-order valence-corrected chi connectivity index (χ1v) is 6.32. The number of likely N-dealkylation sites (N-methyl/N-ethyl adjacent to an activating group) is 1. The average Bonchev–Trinajstić information content (AvgIpc) is 2.25. The Morgan fingerprint density at radius 3 is 2.35 bits per heavy atom. The van der Waals surface area contributed by atoms with Crippen molar-refractivity contribution in [3.05, 3.63) is 0 Å². The zero-order valence-electron chi connectivity index (χ0n) is 11.6. The van der Waals surface area contributed by atoms with E-state index >= 15 is 0 Å². The molecule has 0 aromatic rings. The van der Waals surface area contributed by atoms with E-state index in [1.807, 2.05) is 37.7 Å². The molecule has 1 atom stereocenters. The zero-order valence-corrected chi connectivity index (χ0v) is 11.6. The third-order valence-corrected chi connectivity index (χ3v) is 2.59. The first-order valence-electron chi connectivity index (χ1n) is 6.32. The molecule has 2 N–H and O–H groups in total. The number of amides is 1. The van der Waals surface area contributed by atoms with Gasteiger partial charge in [-0.25, -0.2) is 0 Å². The van der Waals surface area contributed by atoms with Crippen molar-refractivity contribution in [1.82, 2.24) is 15.1 Å². The molecule has 0 radical (unpaired) electrons. The van der Waals surface area contributed by atoms with E-state index in [4.69, 9.17) is 0 Å². The maximum atomic E-state index is 11.6. The second-order valence-electron chi connectivity index (χ2n) is 4.44. The van der Waals surface area contributed by atoms with Gasteiger partial charge in [-0.15, -0.1) is 0 Å². The van der Waals surface area contributed by atoms with Crippen LogP contribution in [0.4, 0.5) is 0 Å². The molecule has 17 heavy (non-hydrogen) atoms. The van der Waals surface area contributed by atoms with E-state index in [0.717, 1.165) is 13.1 Å². The quantitative estimate of drug-likeness (QED) is 0.550. The van der Waals surface area contributed by atoms with Crippen LogP contribution in [0.25, 0.3) is 0 Å². The van der Waals surface area contributed by atoms with Crippen molar-refractivity contribution < 1.29 is 9.90 Å². The summed E-state index contributed by atoms with van der Waals surface area (Å²) in [6.07, 6.45) is 0.115. The number of aliphatic hydroxyl groups is 1. The molecule has 0 aromatic heterocycles.